The monoisotopic (exact) mass is 436 g/mol. The van der Waals surface area contributed by atoms with Crippen LogP contribution in [-0.2, 0) is 0 Å². The molecule has 0 aliphatic rings. The molecule has 0 fully saturated rings. The predicted octanol–water partition coefficient (Wildman–Crippen LogP) is 5.82. The molecule has 3 aromatic heterocycles. The summed E-state index contributed by atoms with van der Waals surface area (Å²) in [7, 11) is 0. The van der Waals surface area contributed by atoms with Gasteiger partial charge in [0, 0.05) is 21.2 Å². The fraction of sp³-hybridized carbons (Fsp3) is 0. The van der Waals surface area contributed by atoms with Gasteiger partial charge in [-0.25, -0.2) is 4.98 Å². The van der Waals surface area contributed by atoms with Gasteiger partial charge in [0.05, 0.1) is 21.9 Å². The Morgan fingerprint density at radius 1 is 0.926 bits per heavy atom. The summed E-state index contributed by atoms with van der Waals surface area (Å²) in [5, 5.41) is 16.8. The second-order valence-corrected chi connectivity index (χ2v) is 7.79. The lowest BCUT2D eigenvalue weighted by atomic mass is 10.2. The zero-order valence-electron chi connectivity index (χ0n) is 13.9. The van der Waals surface area contributed by atoms with E-state index >= 15 is 0 Å². The molecule has 0 aliphatic carbocycles. The number of aromatic amines is 1. The van der Waals surface area contributed by atoms with Crippen molar-refractivity contribution in [1.82, 2.24) is 20.2 Å². The van der Waals surface area contributed by atoms with Crippen LogP contribution in [-0.4, -0.2) is 20.2 Å². The Morgan fingerprint density at radius 2 is 1.78 bits per heavy atom. The molecule has 27 heavy (non-hydrogen) atoms. The molecule has 2 aromatic carbocycles. The van der Waals surface area contributed by atoms with Crippen LogP contribution < -0.4 is 10.6 Å². The van der Waals surface area contributed by atoms with Crippen molar-refractivity contribution in [2.24, 2.45) is 0 Å². The minimum absolute atomic E-state index is 0.551. The fourth-order valence-corrected chi connectivity index (χ4v) is 3.86. The van der Waals surface area contributed by atoms with Crippen molar-refractivity contribution in [2.75, 3.05) is 10.6 Å². The molecule has 0 radical (unpaired) electrons. The Kier molecular flexibility index (Phi) is 3.99. The van der Waals surface area contributed by atoms with Gasteiger partial charge in [0.25, 0.3) is 0 Å². The predicted molar refractivity (Wildman–Crippen MR) is 114 cm³/mol. The molecule has 5 rings (SSSR count). The highest BCUT2D eigenvalue weighted by Gasteiger charge is 2.10. The van der Waals surface area contributed by atoms with Crippen molar-refractivity contribution in [3.63, 3.8) is 0 Å². The highest BCUT2D eigenvalue weighted by molar-refractivity contribution is 9.10. The first-order valence-corrected chi connectivity index (χ1v) is 9.90. The normalized spacial score (nSPS) is 11.1. The highest BCUT2D eigenvalue weighted by atomic mass is 79.9. The number of benzene rings is 2. The first-order valence-electron chi connectivity index (χ1n) is 8.23. The average molecular weight is 437 g/mol. The van der Waals surface area contributed by atoms with Gasteiger partial charge in [-0.15, -0.1) is 11.3 Å². The third-order valence-electron chi connectivity index (χ3n) is 4.11. The quantitative estimate of drug-likeness (QED) is 0.330. The summed E-state index contributed by atoms with van der Waals surface area (Å²) >= 11 is 5.06. The number of H-pyrrole nitrogens is 1. The van der Waals surface area contributed by atoms with Crippen molar-refractivity contribution in [2.45, 2.75) is 0 Å². The van der Waals surface area contributed by atoms with Gasteiger partial charge >= 0.3 is 0 Å². The summed E-state index contributed by atoms with van der Waals surface area (Å²) < 4.78 is 2.04. The molecule has 6 nitrogen and oxygen atoms in total. The molecule has 0 spiro atoms. The van der Waals surface area contributed by atoms with Gasteiger partial charge in [-0.3, -0.25) is 5.10 Å². The molecule has 3 heterocycles. The van der Waals surface area contributed by atoms with Crippen molar-refractivity contribution in [3.05, 3.63) is 64.6 Å². The van der Waals surface area contributed by atoms with E-state index in [9.17, 15) is 0 Å². The van der Waals surface area contributed by atoms with Gasteiger partial charge in [-0.1, -0.05) is 15.9 Å². The van der Waals surface area contributed by atoms with E-state index in [4.69, 9.17) is 4.98 Å². The van der Waals surface area contributed by atoms with Crippen LogP contribution in [0.25, 0.3) is 21.1 Å². The van der Waals surface area contributed by atoms with E-state index in [-0.39, 0.29) is 0 Å². The average Bonchev–Trinajstić information content (AvgIpc) is 3.32. The molecule has 132 valence electrons. The third kappa shape index (κ3) is 3.24. The Hall–Kier alpha value is -2.97. The molecule has 0 amide bonds. The van der Waals surface area contributed by atoms with Crippen molar-refractivity contribution in [3.8, 4) is 0 Å². The Balaban J connectivity index is 1.52. The number of halogens is 1. The van der Waals surface area contributed by atoms with Crippen molar-refractivity contribution in [1.29, 1.82) is 0 Å². The molecule has 8 heteroatoms. The van der Waals surface area contributed by atoms with Crippen LogP contribution in [0.3, 0.4) is 0 Å². The molecule has 0 unspecified atom stereocenters. The zero-order chi connectivity index (χ0) is 18.2. The molecule has 0 bridgehead atoms. The summed E-state index contributed by atoms with van der Waals surface area (Å²) in [4.78, 5) is 9.31. The van der Waals surface area contributed by atoms with Crippen LogP contribution in [0.4, 0.5) is 23.1 Å². The number of nitrogens with one attached hydrogen (secondary N) is 3. The number of fused-ring (bicyclic) bond motifs is 2. The van der Waals surface area contributed by atoms with E-state index in [1.807, 2.05) is 60.1 Å². The number of nitrogens with zero attached hydrogens (tertiary/aromatic N) is 3. The van der Waals surface area contributed by atoms with Crippen LogP contribution in [0.15, 0.2) is 64.6 Å². The standard InChI is InChI=1S/C19H13BrN6S/c20-12-1-3-13(4-2-12)23-19-24-16-7-8-27-17(16)18(25-19)22-14-5-6-15-11(9-14)10-21-26-15/h1-10H,(H,21,26)(H2,22,23,24,25). The lowest BCUT2D eigenvalue weighted by Crippen LogP contribution is -2.01. The van der Waals surface area contributed by atoms with Crippen LogP contribution in [0.1, 0.15) is 0 Å². The molecule has 3 N–H and O–H groups in total. The Bertz CT molecular complexity index is 1240. The number of anilines is 4. The minimum atomic E-state index is 0.551. The summed E-state index contributed by atoms with van der Waals surface area (Å²) in [6.45, 7) is 0. The highest BCUT2D eigenvalue weighted by Crippen LogP contribution is 2.31. The third-order valence-corrected chi connectivity index (χ3v) is 5.55. The summed E-state index contributed by atoms with van der Waals surface area (Å²) in [5.41, 5.74) is 3.79. The smallest absolute Gasteiger partial charge is 0.229 e. The van der Waals surface area contributed by atoms with Crippen LogP contribution in [0.2, 0.25) is 0 Å². The number of hydrogen-bond donors (Lipinski definition) is 3. The number of rotatable bonds is 4. The first-order chi connectivity index (χ1) is 13.2. The largest absolute Gasteiger partial charge is 0.339 e. The maximum Gasteiger partial charge on any atom is 0.229 e. The number of aromatic nitrogens is 4. The second-order valence-electron chi connectivity index (χ2n) is 5.96. The molecule has 0 saturated carbocycles. The van der Waals surface area contributed by atoms with Gasteiger partial charge in [0.1, 0.15) is 0 Å². The van der Waals surface area contributed by atoms with Crippen LogP contribution in [0, 0.1) is 0 Å². The first kappa shape index (κ1) is 16.2. The van der Waals surface area contributed by atoms with E-state index in [0.29, 0.717) is 5.95 Å². The topological polar surface area (TPSA) is 78.5 Å². The van der Waals surface area contributed by atoms with Crippen LogP contribution in [0.5, 0.6) is 0 Å². The van der Waals surface area contributed by atoms with Gasteiger partial charge in [0.15, 0.2) is 5.82 Å². The molecular weight excluding hydrogens is 424 g/mol. The maximum atomic E-state index is 4.70. The molecule has 0 aliphatic heterocycles. The van der Waals surface area contributed by atoms with Gasteiger partial charge < -0.3 is 10.6 Å². The van der Waals surface area contributed by atoms with Crippen LogP contribution >= 0.6 is 27.3 Å². The van der Waals surface area contributed by atoms with E-state index in [2.05, 4.69) is 41.7 Å². The summed E-state index contributed by atoms with van der Waals surface area (Å²) in [6, 6.07) is 16.0. The minimum Gasteiger partial charge on any atom is -0.339 e. The van der Waals surface area contributed by atoms with Gasteiger partial charge in [-0.05, 0) is 53.9 Å². The number of hydrogen-bond acceptors (Lipinski definition) is 6. The van der Waals surface area contributed by atoms with E-state index in [0.717, 1.165) is 42.8 Å². The van der Waals surface area contributed by atoms with Crippen molar-refractivity contribution < 1.29 is 0 Å². The zero-order valence-corrected chi connectivity index (χ0v) is 16.3. The molecule has 5 aromatic rings. The fourth-order valence-electron chi connectivity index (χ4n) is 2.82. The Labute approximate surface area is 166 Å². The molecule has 0 atom stereocenters. The van der Waals surface area contributed by atoms with Gasteiger partial charge in [-0.2, -0.15) is 10.1 Å². The molecular formula is C19H13BrN6S. The van der Waals surface area contributed by atoms with Crippen molar-refractivity contribution >= 4 is 71.5 Å². The van der Waals surface area contributed by atoms with E-state index in [1.165, 1.54) is 0 Å². The number of thiophene rings is 1. The molecule has 0 saturated heterocycles. The Morgan fingerprint density at radius 3 is 2.67 bits per heavy atom. The lowest BCUT2D eigenvalue weighted by molar-refractivity contribution is 1.12. The van der Waals surface area contributed by atoms with E-state index in [1.54, 1.807) is 11.3 Å². The maximum absolute atomic E-state index is 4.70. The van der Waals surface area contributed by atoms with Gasteiger partial charge in [0.2, 0.25) is 5.95 Å². The summed E-state index contributed by atoms with van der Waals surface area (Å²) in [5.74, 6) is 1.33. The SMILES string of the molecule is Brc1ccc(Nc2nc(Nc3ccc4[nH]ncc4c3)c3sccc3n2)cc1. The summed E-state index contributed by atoms with van der Waals surface area (Å²) in [6.07, 6.45) is 1.81. The van der Waals surface area contributed by atoms with E-state index < -0.39 is 0 Å². The lowest BCUT2D eigenvalue weighted by Gasteiger charge is -2.10. The second kappa shape index (κ2) is 6.64.